The molecule has 0 aromatic rings. The first kappa shape index (κ1) is 45.2. The minimum Gasteiger partial charge on any atom is -0.378 e. The molecule has 3 aliphatic heterocycles. The van der Waals surface area contributed by atoms with Crippen LogP contribution in [0.1, 0.15) is 58.3 Å². The molecule has 0 aromatic carbocycles. The van der Waals surface area contributed by atoms with Gasteiger partial charge in [0.25, 0.3) is 0 Å². The molecule has 3 aliphatic rings. The van der Waals surface area contributed by atoms with Gasteiger partial charge in [-0.25, -0.2) is 0 Å². The van der Waals surface area contributed by atoms with Crippen LogP contribution in [-0.4, -0.2) is 191 Å². The van der Waals surface area contributed by atoms with Crippen molar-refractivity contribution < 1.29 is 52.6 Å². The Labute approximate surface area is 322 Å². The smallest absolute Gasteiger partial charge is 0.242 e. The number of hydrogen-bond donors (Lipinski definition) is 4. The van der Waals surface area contributed by atoms with E-state index < -0.39 is 36.9 Å². The van der Waals surface area contributed by atoms with Gasteiger partial charge in [0, 0.05) is 65.1 Å². The van der Waals surface area contributed by atoms with E-state index in [2.05, 4.69) is 21.3 Å². The van der Waals surface area contributed by atoms with Gasteiger partial charge >= 0.3 is 0 Å². The van der Waals surface area contributed by atoms with Crippen molar-refractivity contribution in [2.45, 2.75) is 64.3 Å². The fraction of sp³-hybridized carbons (Fsp3) is 0.778. The van der Waals surface area contributed by atoms with Crippen LogP contribution in [0.5, 0.6) is 0 Å². The Hall–Kier alpha value is -4.20. The maximum atomic E-state index is 13.8. The van der Waals surface area contributed by atoms with E-state index in [1.165, 1.54) is 4.90 Å². The molecule has 7 amide bonds. The lowest BCUT2D eigenvalue weighted by atomic mass is 10.1. The number of ether oxygens (including phenoxy) is 3. The Morgan fingerprint density at radius 3 is 1.44 bits per heavy atom. The fourth-order valence-electron chi connectivity index (χ4n) is 6.20. The summed E-state index contributed by atoms with van der Waals surface area (Å²) in [6, 6.07) is -1.06. The topological polar surface area (TPSA) is 225 Å². The third-order valence-electron chi connectivity index (χ3n) is 9.55. The summed E-state index contributed by atoms with van der Waals surface area (Å²) in [5.41, 5.74) is 0. The van der Waals surface area contributed by atoms with Crippen molar-refractivity contribution >= 4 is 47.1 Å². The van der Waals surface area contributed by atoms with Crippen LogP contribution < -0.4 is 21.3 Å². The zero-order valence-corrected chi connectivity index (χ0v) is 32.2. The molecule has 0 bridgehead atoms. The van der Waals surface area contributed by atoms with Crippen molar-refractivity contribution in [2.75, 3.05) is 118 Å². The fourth-order valence-corrected chi connectivity index (χ4v) is 6.20. The van der Waals surface area contributed by atoms with Crippen molar-refractivity contribution in [3.05, 3.63) is 0 Å². The summed E-state index contributed by atoms with van der Waals surface area (Å²) in [6.45, 7) is 5.11. The second-order valence-corrected chi connectivity index (χ2v) is 13.6. The summed E-state index contributed by atoms with van der Waals surface area (Å²) in [7, 11) is 0. The van der Waals surface area contributed by atoms with E-state index in [1.54, 1.807) is 14.7 Å². The summed E-state index contributed by atoms with van der Waals surface area (Å²) >= 11 is 0. The van der Waals surface area contributed by atoms with Gasteiger partial charge in [-0.05, 0) is 32.1 Å². The second kappa shape index (κ2) is 25.8. The van der Waals surface area contributed by atoms with Crippen molar-refractivity contribution in [2.24, 2.45) is 0 Å². The predicted octanol–water partition coefficient (Wildman–Crippen LogP) is -2.59. The van der Waals surface area contributed by atoms with E-state index in [4.69, 9.17) is 14.2 Å². The number of ketones is 1. The minimum atomic E-state index is -1.06. The summed E-state index contributed by atoms with van der Waals surface area (Å²) in [4.78, 5) is 109. The van der Waals surface area contributed by atoms with Crippen LogP contribution in [0.25, 0.3) is 0 Å². The van der Waals surface area contributed by atoms with Gasteiger partial charge in [0.05, 0.1) is 78.4 Å². The quantitative estimate of drug-likeness (QED) is 0.0785. The standard InChI is InChI=1S/C36H60N8O11/c1-2-28(45)7-3-4-9-30(46)37-10-6-5-8-29(36(52)40-25-35(51)43-15-21-55-22-16-43)44(26-31(47)38-23-33(49)41-11-17-53-18-12-41)27-32(48)39-24-34(50)42-13-19-54-20-14-42/h29H,2-27H2,1H3,(H,37,46)(H,38,47)(H,39,48)(H,40,52)/t29-/m0/s1. The lowest BCUT2D eigenvalue weighted by Crippen LogP contribution is -2.55. The highest BCUT2D eigenvalue weighted by molar-refractivity contribution is 5.91. The summed E-state index contributed by atoms with van der Waals surface area (Å²) in [5.74, 6) is -2.67. The lowest BCUT2D eigenvalue weighted by molar-refractivity contribution is -0.139. The van der Waals surface area contributed by atoms with Crippen LogP contribution in [0, 0.1) is 0 Å². The van der Waals surface area contributed by atoms with Gasteiger partial charge in [-0.1, -0.05) is 6.92 Å². The highest BCUT2D eigenvalue weighted by atomic mass is 16.5. The molecular formula is C36H60N8O11. The molecule has 0 aromatic heterocycles. The molecule has 0 aliphatic carbocycles. The number of unbranched alkanes of at least 4 members (excludes halogenated alkanes) is 2. The van der Waals surface area contributed by atoms with E-state index in [0.29, 0.717) is 130 Å². The number of nitrogens with one attached hydrogen (secondary N) is 4. The molecule has 4 N–H and O–H groups in total. The molecule has 0 spiro atoms. The minimum absolute atomic E-state index is 0.145. The van der Waals surface area contributed by atoms with Crippen LogP contribution in [-0.2, 0) is 52.6 Å². The molecule has 0 saturated carbocycles. The Balaban J connectivity index is 1.66. The molecule has 310 valence electrons. The van der Waals surface area contributed by atoms with Crippen molar-refractivity contribution in [1.82, 2.24) is 40.9 Å². The predicted molar refractivity (Wildman–Crippen MR) is 197 cm³/mol. The highest BCUT2D eigenvalue weighted by Gasteiger charge is 2.31. The lowest BCUT2D eigenvalue weighted by Gasteiger charge is -2.31. The molecular weight excluding hydrogens is 720 g/mol. The monoisotopic (exact) mass is 780 g/mol. The Kier molecular flexibility index (Phi) is 21.2. The van der Waals surface area contributed by atoms with E-state index in [1.807, 2.05) is 6.92 Å². The van der Waals surface area contributed by atoms with Crippen LogP contribution in [0.15, 0.2) is 0 Å². The van der Waals surface area contributed by atoms with E-state index in [0.717, 1.165) is 0 Å². The Bertz CT molecular complexity index is 1240. The maximum Gasteiger partial charge on any atom is 0.242 e. The number of Topliss-reactive ketones (excluding diaryl/α,β-unsaturated/α-hetero) is 1. The van der Waals surface area contributed by atoms with Gasteiger partial charge in [0.15, 0.2) is 0 Å². The number of rotatable bonds is 23. The number of carbonyl (C=O) groups excluding carboxylic acids is 8. The molecule has 3 rings (SSSR count). The second-order valence-electron chi connectivity index (χ2n) is 13.6. The third kappa shape index (κ3) is 17.9. The molecule has 0 unspecified atom stereocenters. The highest BCUT2D eigenvalue weighted by Crippen LogP contribution is 2.11. The summed E-state index contributed by atoms with van der Waals surface area (Å²) in [5, 5.41) is 10.7. The number of morpholine rings is 3. The first-order valence-electron chi connectivity index (χ1n) is 19.5. The summed E-state index contributed by atoms with van der Waals surface area (Å²) in [6.07, 6.45) is 3.50. The van der Waals surface area contributed by atoms with Gasteiger partial charge in [0.1, 0.15) is 5.78 Å². The van der Waals surface area contributed by atoms with Gasteiger partial charge < -0.3 is 50.2 Å². The van der Waals surface area contributed by atoms with Gasteiger partial charge in [-0.15, -0.1) is 0 Å². The van der Waals surface area contributed by atoms with Crippen molar-refractivity contribution in [3.63, 3.8) is 0 Å². The molecule has 3 saturated heterocycles. The average molecular weight is 781 g/mol. The van der Waals surface area contributed by atoms with E-state index in [-0.39, 0.29) is 55.5 Å². The first-order chi connectivity index (χ1) is 26.6. The molecule has 19 nitrogen and oxygen atoms in total. The normalized spacial score (nSPS) is 16.6. The number of nitrogens with zero attached hydrogens (tertiary/aromatic N) is 4. The largest absolute Gasteiger partial charge is 0.378 e. The summed E-state index contributed by atoms with van der Waals surface area (Å²) < 4.78 is 15.9. The van der Waals surface area contributed by atoms with Crippen LogP contribution in [0.3, 0.4) is 0 Å². The first-order valence-corrected chi connectivity index (χ1v) is 19.5. The molecule has 55 heavy (non-hydrogen) atoms. The van der Waals surface area contributed by atoms with Crippen LogP contribution in [0.4, 0.5) is 0 Å². The van der Waals surface area contributed by atoms with E-state index >= 15 is 0 Å². The number of carbonyl (C=O) groups is 8. The van der Waals surface area contributed by atoms with Gasteiger partial charge in [-0.2, -0.15) is 0 Å². The average Bonchev–Trinajstić information content (AvgIpc) is 3.21. The van der Waals surface area contributed by atoms with Crippen molar-refractivity contribution in [1.29, 1.82) is 0 Å². The molecule has 3 fully saturated rings. The molecule has 3 heterocycles. The SMILES string of the molecule is CCC(=O)CCCCC(=O)NCCCC[C@@H](C(=O)NCC(=O)N1CCOCC1)N(CC(=O)NCC(=O)N1CCOCC1)CC(=O)NCC(=O)N1CCOCC1. The molecule has 0 radical (unpaired) electrons. The van der Waals surface area contributed by atoms with Crippen LogP contribution >= 0.6 is 0 Å². The van der Waals surface area contributed by atoms with Crippen molar-refractivity contribution in [3.8, 4) is 0 Å². The van der Waals surface area contributed by atoms with Gasteiger partial charge in [0.2, 0.25) is 41.4 Å². The molecule has 19 heteroatoms. The number of amides is 7. The maximum absolute atomic E-state index is 13.8. The zero-order valence-electron chi connectivity index (χ0n) is 32.2. The molecule has 1 atom stereocenters. The zero-order chi connectivity index (χ0) is 39.8. The third-order valence-corrected chi connectivity index (χ3v) is 9.55. The van der Waals surface area contributed by atoms with Crippen LogP contribution in [0.2, 0.25) is 0 Å². The Morgan fingerprint density at radius 1 is 0.545 bits per heavy atom. The van der Waals surface area contributed by atoms with Gasteiger partial charge in [-0.3, -0.25) is 43.3 Å². The number of hydrogen-bond acceptors (Lipinski definition) is 12. The Morgan fingerprint density at radius 2 is 0.982 bits per heavy atom. The van der Waals surface area contributed by atoms with E-state index in [9.17, 15) is 38.4 Å².